The number of nitrogens with zero attached hydrogens (tertiary/aromatic N) is 3. The van der Waals surface area contributed by atoms with E-state index in [0.717, 1.165) is 16.6 Å². The molecule has 0 spiro atoms. The van der Waals surface area contributed by atoms with E-state index >= 15 is 0 Å². The number of pyridine rings is 1. The normalized spacial score (nSPS) is 11.2. The van der Waals surface area contributed by atoms with Crippen molar-refractivity contribution in [1.29, 1.82) is 0 Å². The van der Waals surface area contributed by atoms with Crippen molar-refractivity contribution in [3.05, 3.63) is 65.0 Å². The maximum atomic E-state index is 12.6. The van der Waals surface area contributed by atoms with Crippen LogP contribution in [0, 0.1) is 0 Å². The fourth-order valence-corrected chi connectivity index (χ4v) is 2.42. The highest BCUT2D eigenvalue weighted by Crippen LogP contribution is 2.22. The second-order valence-corrected chi connectivity index (χ2v) is 4.45. The molecule has 5 nitrogen and oxygen atoms in total. The zero-order chi connectivity index (χ0) is 13.5. The lowest BCUT2D eigenvalue weighted by Gasteiger charge is -2.09. The Morgan fingerprint density at radius 3 is 2.40 bits per heavy atom. The Hall–Kier alpha value is -2.95. The van der Waals surface area contributed by atoms with Gasteiger partial charge in [-0.15, -0.1) is 0 Å². The predicted octanol–water partition coefficient (Wildman–Crippen LogP) is 2.53. The highest BCUT2D eigenvalue weighted by molar-refractivity contribution is 6.01. The molecule has 2 heterocycles. The van der Waals surface area contributed by atoms with Gasteiger partial charge in [-0.3, -0.25) is 9.36 Å². The molecule has 0 aliphatic carbocycles. The second kappa shape index (κ2) is 4.03. The van der Waals surface area contributed by atoms with Crippen molar-refractivity contribution >= 4 is 21.9 Å². The third-order valence-corrected chi connectivity index (χ3v) is 3.31. The van der Waals surface area contributed by atoms with Crippen LogP contribution in [-0.2, 0) is 0 Å². The number of benzene rings is 2. The number of hydrogen-bond donors (Lipinski definition) is 0. The van der Waals surface area contributed by atoms with Gasteiger partial charge in [-0.25, -0.2) is 4.63 Å². The summed E-state index contributed by atoms with van der Waals surface area (Å²) in [4.78, 5) is 12.6. The lowest BCUT2D eigenvalue weighted by molar-refractivity contribution is 0.315. The molecule has 0 aliphatic rings. The molecule has 0 radical (unpaired) electrons. The number of aromatic nitrogens is 3. The Labute approximate surface area is 113 Å². The minimum Gasteiger partial charge on any atom is -0.275 e. The molecular weight excluding hydrogens is 254 g/mol. The first-order valence-electron chi connectivity index (χ1n) is 6.18. The van der Waals surface area contributed by atoms with Gasteiger partial charge in [0.1, 0.15) is 5.52 Å². The molecule has 5 heteroatoms. The van der Waals surface area contributed by atoms with Crippen molar-refractivity contribution in [3.63, 3.8) is 0 Å². The molecule has 0 atom stereocenters. The Balaban J connectivity index is 2.28. The van der Waals surface area contributed by atoms with E-state index in [2.05, 4.69) is 10.3 Å². The summed E-state index contributed by atoms with van der Waals surface area (Å²) in [6.07, 6.45) is 0. The van der Waals surface area contributed by atoms with Crippen LogP contribution < -0.4 is 5.56 Å². The molecule has 0 fully saturated rings. The Morgan fingerprint density at radius 2 is 1.55 bits per heavy atom. The fourth-order valence-electron chi connectivity index (χ4n) is 2.42. The molecule has 0 aliphatic heterocycles. The highest BCUT2D eigenvalue weighted by atomic mass is 16.6. The van der Waals surface area contributed by atoms with Gasteiger partial charge in [0.05, 0.1) is 5.52 Å². The van der Waals surface area contributed by atoms with Crippen LogP contribution in [-0.4, -0.2) is 14.9 Å². The molecule has 96 valence electrons. The van der Waals surface area contributed by atoms with Gasteiger partial charge in [0.15, 0.2) is 0 Å². The summed E-state index contributed by atoms with van der Waals surface area (Å²) in [6.45, 7) is 0. The quantitative estimate of drug-likeness (QED) is 0.529. The van der Waals surface area contributed by atoms with E-state index in [1.165, 1.54) is 0 Å². The summed E-state index contributed by atoms with van der Waals surface area (Å²) in [5, 5.41) is 8.42. The molecule has 2 aromatic heterocycles. The van der Waals surface area contributed by atoms with E-state index in [4.69, 9.17) is 4.63 Å². The second-order valence-electron chi connectivity index (χ2n) is 4.45. The van der Waals surface area contributed by atoms with Crippen LogP contribution in [0.5, 0.6) is 0 Å². The van der Waals surface area contributed by atoms with E-state index in [1.54, 1.807) is 4.57 Å². The van der Waals surface area contributed by atoms with Gasteiger partial charge in [-0.05, 0) is 28.5 Å². The van der Waals surface area contributed by atoms with Crippen LogP contribution in [0.4, 0.5) is 0 Å². The number of fused-ring (bicyclic) bond motifs is 3. The Bertz CT molecular complexity index is 971. The van der Waals surface area contributed by atoms with Crippen molar-refractivity contribution in [2.75, 3.05) is 0 Å². The number of rotatable bonds is 1. The smallest absolute Gasteiger partial charge is 0.275 e. The molecule has 0 N–H and O–H groups in total. The molecule has 0 bridgehead atoms. The van der Waals surface area contributed by atoms with E-state index in [-0.39, 0.29) is 11.1 Å². The molecule has 20 heavy (non-hydrogen) atoms. The zero-order valence-electron chi connectivity index (χ0n) is 10.4. The van der Waals surface area contributed by atoms with E-state index < -0.39 is 0 Å². The standard InChI is InChI=1S/C15H9N3O2/c19-15-14-13(16-20-17-14)11-8-4-5-9-12(11)18(15)10-6-2-1-3-7-10/h1-9H. The summed E-state index contributed by atoms with van der Waals surface area (Å²) < 4.78 is 6.36. The molecule has 0 amide bonds. The van der Waals surface area contributed by atoms with Crippen molar-refractivity contribution in [2.45, 2.75) is 0 Å². The van der Waals surface area contributed by atoms with Crippen LogP contribution in [0.15, 0.2) is 64.0 Å². The first-order chi connectivity index (χ1) is 9.86. The topological polar surface area (TPSA) is 60.9 Å². The van der Waals surface area contributed by atoms with Gasteiger partial charge in [0.25, 0.3) is 5.56 Å². The Kier molecular flexibility index (Phi) is 2.20. The minimum absolute atomic E-state index is 0.230. The van der Waals surface area contributed by atoms with Crippen molar-refractivity contribution < 1.29 is 4.63 Å². The SMILES string of the molecule is O=c1c2nonc2c2ccccc2n1-c1ccccc1. The van der Waals surface area contributed by atoms with Gasteiger partial charge in [0.2, 0.25) is 5.52 Å². The highest BCUT2D eigenvalue weighted by Gasteiger charge is 2.15. The van der Waals surface area contributed by atoms with Crippen LogP contribution >= 0.6 is 0 Å². The predicted molar refractivity (Wildman–Crippen MR) is 74.9 cm³/mol. The zero-order valence-corrected chi connectivity index (χ0v) is 10.4. The first-order valence-corrected chi connectivity index (χ1v) is 6.18. The maximum absolute atomic E-state index is 12.6. The molecule has 4 aromatic rings. The fraction of sp³-hybridized carbons (Fsp3) is 0. The van der Waals surface area contributed by atoms with Gasteiger partial charge < -0.3 is 0 Å². The average molecular weight is 263 g/mol. The molecular formula is C15H9N3O2. The summed E-state index contributed by atoms with van der Waals surface area (Å²) in [5.74, 6) is 0. The molecule has 2 aromatic carbocycles. The van der Waals surface area contributed by atoms with Crippen molar-refractivity contribution in [2.24, 2.45) is 0 Å². The molecule has 0 saturated carbocycles. The number of hydrogen-bond acceptors (Lipinski definition) is 4. The number of para-hydroxylation sites is 2. The summed E-state index contributed by atoms with van der Waals surface area (Å²) in [6, 6.07) is 17.0. The average Bonchev–Trinajstić information content (AvgIpc) is 2.99. The third-order valence-electron chi connectivity index (χ3n) is 3.31. The summed E-state index contributed by atoms with van der Waals surface area (Å²) in [5.41, 5.74) is 2.09. The summed E-state index contributed by atoms with van der Waals surface area (Å²) >= 11 is 0. The van der Waals surface area contributed by atoms with Gasteiger partial charge in [0, 0.05) is 11.1 Å². The van der Waals surface area contributed by atoms with Crippen molar-refractivity contribution in [1.82, 2.24) is 14.9 Å². The minimum atomic E-state index is -0.230. The lowest BCUT2D eigenvalue weighted by Crippen LogP contribution is -2.19. The molecule has 0 unspecified atom stereocenters. The van der Waals surface area contributed by atoms with Gasteiger partial charge in [-0.2, -0.15) is 0 Å². The van der Waals surface area contributed by atoms with Crippen LogP contribution in [0.3, 0.4) is 0 Å². The van der Waals surface area contributed by atoms with Crippen LogP contribution in [0.2, 0.25) is 0 Å². The van der Waals surface area contributed by atoms with Gasteiger partial charge in [-0.1, -0.05) is 36.4 Å². The third kappa shape index (κ3) is 1.40. The molecule has 0 saturated heterocycles. The largest absolute Gasteiger partial charge is 0.287 e. The lowest BCUT2D eigenvalue weighted by atomic mass is 10.1. The first kappa shape index (κ1) is 10.9. The summed E-state index contributed by atoms with van der Waals surface area (Å²) in [7, 11) is 0. The monoisotopic (exact) mass is 263 g/mol. The van der Waals surface area contributed by atoms with Gasteiger partial charge >= 0.3 is 0 Å². The van der Waals surface area contributed by atoms with Crippen LogP contribution in [0.25, 0.3) is 27.6 Å². The van der Waals surface area contributed by atoms with E-state index in [9.17, 15) is 4.79 Å². The van der Waals surface area contributed by atoms with Crippen molar-refractivity contribution in [3.8, 4) is 5.69 Å². The Morgan fingerprint density at radius 1 is 0.850 bits per heavy atom. The van der Waals surface area contributed by atoms with E-state index in [0.29, 0.717) is 5.52 Å². The molecule has 4 rings (SSSR count). The maximum Gasteiger partial charge on any atom is 0.287 e. The van der Waals surface area contributed by atoms with E-state index in [1.807, 2.05) is 54.6 Å². The van der Waals surface area contributed by atoms with Crippen LogP contribution in [0.1, 0.15) is 0 Å².